The van der Waals surface area contributed by atoms with Crippen LogP contribution in [0.15, 0.2) is 48.5 Å². The van der Waals surface area contributed by atoms with E-state index in [1.54, 1.807) is 23.9 Å². The van der Waals surface area contributed by atoms with Gasteiger partial charge in [0.15, 0.2) is 0 Å². The summed E-state index contributed by atoms with van der Waals surface area (Å²) in [6.07, 6.45) is 0.891. The van der Waals surface area contributed by atoms with Crippen LogP contribution in [0.3, 0.4) is 0 Å². The smallest absolute Gasteiger partial charge is 0.237 e. The fourth-order valence-corrected chi connectivity index (χ4v) is 3.98. The van der Waals surface area contributed by atoms with E-state index in [9.17, 15) is 9.90 Å². The summed E-state index contributed by atoms with van der Waals surface area (Å²) in [5.74, 6) is 1.15. The zero-order chi connectivity index (χ0) is 16.2. The minimum Gasteiger partial charge on any atom is -0.507 e. The SMILES string of the molecule is NC[C@@H]1CCS[C@H](c2cccc(-c3ccccc3O)c2)C(=O)N1. The van der Waals surface area contributed by atoms with Crippen molar-refractivity contribution in [3.8, 4) is 16.9 Å². The van der Waals surface area contributed by atoms with Gasteiger partial charge in [-0.2, -0.15) is 0 Å². The van der Waals surface area contributed by atoms with Crippen molar-refractivity contribution < 1.29 is 9.90 Å². The molecule has 0 bridgehead atoms. The minimum absolute atomic E-state index is 0.0115. The van der Waals surface area contributed by atoms with Crippen molar-refractivity contribution in [2.24, 2.45) is 5.73 Å². The number of para-hydroxylation sites is 1. The molecule has 2 aromatic carbocycles. The molecule has 2 aromatic rings. The number of rotatable bonds is 3. The van der Waals surface area contributed by atoms with E-state index in [0.29, 0.717) is 6.54 Å². The van der Waals surface area contributed by atoms with Crippen LogP contribution in [-0.4, -0.2) is 29.4 Å². The van der Waals surface area contributed by atoms with Gasteiger partial charge in [0.2, 0.25) is 5.91 Å². The van der Waals surface area contributed by atoms with Crippen molar-refractivity contribution in [2.75, 3.05) is 12.3 Å². The number of phenols is 1. The summed E-state index contributed by atoms with van der Waals surface area (Å²) in [5, 5.41) is 12.8. The van der Waals surface area contributed by atoms with Crippen LogP contribution in [-0.2, 0) is 4.79 Å². The van der Waals surface area contributed by atoms with Crippen molar-refractivity contribution in [1.29, 1.82) is 0 Å². The van der Waals surface area contributed by atoms with Crippen molar-refractivity contribution in [3.63, 3.8) is 0 Å². The lowest BCUT2D eigenvalue weighted by Crippen LogP contribution is -2.40. The molecular formula is C18H20N2O2S. The Morgan fingerprint density at radius 1 is 1.22 bits per heavy atom. The van der Waals surface area contributed by atoms with Gasteiger partial charge >= 0.3 is 0 Å². The number of hydrogen-bond donors (Lipinski definition) is 3. The van der Waals surface area contributed by atoms with Gasteiger partial charge in [-0.25, -0.2) is 0 Å². The average molecular weight is 328 g/mol. The van der Waals surface area contributed by atoms with E-state index in [4.69, 9.17) is 5.73 Å². The molecule has 1 saturated heterocycles. The second kappa shape index (κ2) is 7.06. The molecule has 23 heavy (non-hydrogen) atoms. The van der Waals surface area contributed by atoms with E-state index >= 15 is 0 Å². The highest BCUT2D eigenvalue weighted by molar-refractivity contribution is 8.00. The molecule has 0 spiro atoms. The van der Waals surface area contributed by atoms with Crippen LogP contribution < -0.4 is 11.1 Å². The maximum Gasteiger partial charge on any atom is 0.237 e. The number of carbonyl (C=O) groups is 1. The Kier molecular flexibility index (Phi) is 4.88. The van der Waals surface area contributed by atoms with Crippen LogP contribution in [0, 0.1) is 0 Å². The van der Waals surface area contributed by atoms with E-state index in [1.165, 1.54) is 0 Å². The van der Waals surface area contributed by atoms with Gasteiger partial charge in [-0.05, 0) is 35.4 Å². The first-order chi connectivity index (χ1) is 11.2. The Bertz CT molecular complexity index is 705. The summed E-state index contributed by atoms with van der Waals surface area (Å²) in [5.41, 5.74) is 8.32. The van der Waals surface area contributed by atoms with Gasteiger partial charge in [0, 0.05) is 18.2 Å². The highest BCUT2D eigenvalue weighted by Crippen LogP contribution is 2.35. The van der Waals surface area contributed by atoms with Crippen molar-refractivity contribution in [2.45, 2.75) is 17.7 Å². The first-order valence-electron chi connectivity index (χ1n) is 7.69. The molecule has 2 atom stereocenters. The molecule has 120 valence electrons. The lowest BCUT2D eigenvalue weighted by Gasteiger charge is -2.16. The summed E-state index contributed by atoms with van der Waals surface area (Å²) in [6.45, 7) is 0.469. The molecule has 5 heteroatoms. The molecular weight excluding hydrogens is 308 g/mol. The Labute approximate surface area is 140 Å². The average Bonchev–Trinajstić information content (AvgIpc) is 2.76. The highest BCUT2D eigenvalue weighted by atomic mass is 32.2. The fraction of sp³-hybridized carbons (Fsp3) is 0.278. The molecule has 1 aliphatic rings. The first kappa shape index (κ1) is 15.9. The summed E-state index contributed by atoms with van der Waals surface area (Å²) < 4.78 is 0. The number of nitrogens with one attached hydrogen (secondary N) is 1. The predicted octanol–water partition coefficient (Wildman–Crippen LogP) is 2.68. The zero-order valence-electron chi connectivity index (χ0n) is 12.7. The third kappa shape index (κ3) is 3.51. The monoisotopic (exact) mass is 328 g/mol. The topological polar surface area (TPSA) is 75.3 Å². The number of nitrogens with two attached hydrogens (primary N) is 1. The maximum absolute atomic E-state index is 12.5. The van der Waals surface area contributed by atoms with Gasteiger partial charge in [0.1, 0.15) is 11.0 Å². The number of aromatic hydroxyl groups is 1. The van der Waals surface area contributed by atoms with Gasteiger partial charge in [0.05, 0.1) is 0 Å². The van der Waals surface area contributed by atoms with E-state index in [-0.39, 0.29) is 22.9 Å². The Morgan fingerprint density at radius 3 is 2.83 bits per heavy atom. The third-order valence-corrected chi connectivity index (χ3v) is 5.32. The fourth-order valence-electron chi connectivity index (χ4n) is 2.76. The Hall–Kier alpha value is -1.98. The van der Waals surface area contributed by atoms with Crippen LogP contribution >= 0.6 is 11.8 Å². The Balaban J connectivity index is 1.90. The van der Waals surface area contributed by atoms with E-state index < -0.39 is 0 Å². The molecule has 1 aliphatic heterocycles. The second-order valence-electron chi connectivity index (χ2n) is 5.62. The molecule has 0 unspecified atom stereocenters. The third-order valence-electron chi connectivity index (χ3n) is 4.02. The summed E-state index contributed by atoms with van der Waals surface area (Å²) in [4.78, 5) is 12.5. The molecule has 0 aliphatic carbocycles. The molecule has 1 heterocycles. The van der Waals surface area contributed by atoms with Crippen molar-refractivity contribution >= 4 is 17.7 Å². The van der Waals surface area contributed by atoms with Gasteiger partial charge in [-0.15, -0.1) is 11.8 Å². The second-order valence-corrected chi connectivity index (χ2v) is 6.84. The van der Waals surface area contributed by atoms with Gasteiger partial charge < -0.3 is 16.2 Å². The maximum atomic E-state index is 12.5. The van der Waals surface area contributed by atoms with Gasteiger partial charge in [0.25, 0.3) is 0 Å². The van der Waals surface area contributed by atoms with Crippen LogP contribution in [0.2, 0.25) is 0 Å². The lowest BCUT2D eigenvalue weighted by atomic mass is 10.0. The van der Waals surface area contributed by atoms with Crippen molar-refractivity contribution in [3.05, 3.63) is 54.1 Å². The van der Waals surface area contributed by atoms with Crippen LogP contribution in [0.25, 0.3) is 11.1 Å². The van der Waals surface area contributed by atoms with Crippen LogP contribution in [0.4, 0.5) is 0 Å². The molecule has 3 rings (SSSR count). The molecule has 0 saturated carbocycles. The molecule has 1 fully saturated rings. The van der Waals surface area contributed by atoms with Gasteiger partial charge in [-0.3, -0.25) is 4.79 Å². The lowest BCUT2D eigenvalue weighted by molar-refractivity contribution is -0.121. The van der Waals surface area contributed by atoms with E-state index in [1.807, 2.05) is 36.4 Å². The molecule has 0 aromatic heterocycles. The summed E-state index contributed by atoms with van der Waals surface area (Å²) in [7, 11) is 0. The predicted molar refractivity (Wildman–Crippen MR) is 94.3 cm³/mol. The van der Waals surface area contributed by atoms with Gasteiger partial charge in [-0.1, -0.05) is 36.4 Å². The largest absolute Gasteiger partial charge is 0.507 e. The molecule has 4 nitrogen and oxygen atoms in total. The zero-order valence-corrected chi connectivity index (χ0v) is 13.6. The van der Waals surface area contributed by atoms with Crippen LogP contribution in [0.1, 0.15) is 17.2 Å². The minimum atomic E-state index is -0.239. The number of hydrogen-bond acceptors (Lipinski definition) is 4. The van der Waals surface area contributed by atoms with E-state index in [0.717, 1.165) is 28.9 Å². The van der Waals surface area contributed by atoms with Crippen LogP contribution in [0.5, 0.6) is 5.75 Å². The number of phenolic OH excluding ortho intramolecular Hbond substituents is 1. The standard InChI is InChI=1S/C18H20N2O2S/c19-11-14-8-9-23-17(18(22)20-14)13-5-3-4-12(10-13)15-6-1-2-7-16(15)21/h1-7,10,14,17,21H,8-9,11,19H2,(H,20,22)/t14-,17+/m0/s1. The number of carbonyl (C=O) groups excluding carboxylic acids is 1. The molecule has 1 amide bonds. The first-order valence-corrected chi connectivity index (χ1v) is 8.74. The normalized spacial score (nSPS) is 21.5. The quantitative estimate of drug-likeness (QED) is 0.810. The molecule has 0 radical (unpaired) electrons. The summed E-state index contributed by atoms with van der Waals surface area (Å²) in [6, 6.07) is 15.1. The van der Waals surface area contributed by atoms with E-state index in [2.05, 4.69) is 5.32 Å². The Morgan fingerprint density at radius 2 is 2.04 bits per heavy atom. The molecule has 4 N–H and O–H groups in total. The number of amides is 1. The summed E-state index contributed by atoms with van der Waals surface area (Å²) >= 11 is 1.64. The van der Waals surface area contributed by atoms with Crippen molar-refractivity contribution in [1.82, 2.24) is 5.32 Å². The number of thioether (sulfide) groups is 1. The number of benzene rings is 2. The highest BCUT2D eigenvalue weighted by Gasteiger charge is 2.27.